The summed E-state index contributed by atoms with van der Waals surface area (Å²) in [5.74, 6) is -0.517. The first-order valence-corrected chi connectivity index (χ1v) is 10.5. The monoisotopic (exact) mass is 491 g/mol. The second-order valence-electron chi connectivity index (χ2n) is 8.16. The van der Waals surface area contributed by atoms with E-state index in [0.717, 1.165) is 6.07 Å². The van der Waals surface area contributed by atoms with Crippen LogP contribution < -0.4 is 10.6 Å². The van der Waals surface area contributed by atoms with E-state index in [1.165, 1.54) is 16.9 Å². The van der Waals surface area contributed by atoms with Crippen molar-refractivity contribution in [3.63, 3.8) is 0 Å². The van der Waals surface area contributed by atoms with Gasteiger partial charge in [0.05, 0.1) is 17.6 Å². The van der Waals surface area contributed by atoms with Gasteiger partial charge in [-0.1, -0.05) is 16.8 Å². The van der Waals surface area contributed by atoms with E-state index in [-0.39, 0.29) is 16.7 Å². The van der Waals surface area contributed by atoms with Gasteiger partial charge >= 0.3 is 12.2 Å². The van der Waals surface area contributed by atoms with Crippen LogP contribution in [0.5, 0.6) is 0 Å². The zero-order valence-corrected chi connectivity index (χ0v) is 19.8. The molecule has 180 valence electrons. The minimum absolute atomic E-state index is 0.104. The number of hydrogen-bond acceptors (Lipinski definition) is 8. The maximum atomic E-state index is 13.2. The summed E-state index contributed by atoms with van der Waals surface area (Å²) in [6, 6.07) is 5.71. The van der Waals surface area contributed by atoms with E-state index in [4.69, 9.17) is 21.1 Å². The van der Waals surface area contributed by atoms with E-state index in [0.29, 0.717) is 16.9 Å². The molecule has 0 saturated heterocycles. The maximum absolute atomic E-state index is 13.2. The summed E-state index contributed by atoms with van der Waals surface area (Å²) in [4.78, 5) is 32.2. The third-order valence-electron chi connectivity index (χ3n) is 4.26. The van der Waals surface area contributed by atoms with Gasteiger partial charge in [-0.05, 0) is 52.0 Å². The molecule has 11 nitrogen and oxygen atoms in total. The summed E-state index contributed by atoms with van der Waals surface area (Å²) < 4.78 is 25.0. The van der Waals surface area contributed by atoms with Gasteiger partial charge in [-0.25, -0.2) is 19.3 Å². The van der Waals surface area contributed by atoms with Gasteiger partial charge in [-0.3, -0.25) is 15.6 Å². The largest absolute Gasteiger partial charge is 0.444 e. The lowest BCUT2D eigenvalue weighted by Crippen LogP contribution is -2.27. The van der Waals surface area contributed by atoms with Crippen LogP contribution in [-0.2, 0) is 16.5 Å². The van der Waals surface area contributed by atoms with Crippen LogP contribution in [0.2, 0.25) is 5.15 Å². The van der Waals surface area contributed by atoms with Gasteiger partial charge in [0.1, 0.15) is 16.9 Å². The second kappa shape index (κ2) is 10.00. The lowest BCUT2D eigenvalue weighted by Gasteiger charge is -2.19. The molecular weight excluding hydrogens is 469 g/mol. The highest BCUT2D eigenvalue weighted by atomic mass is 35.5. The summed E-state index contributed by atoms with van der Waals surface area (Å²) in [6.45, 7) is 6.84. The number of amides is 2. The fourth-order valence-electron chi connectivity index (χ4n) is 2.78. The van der Waals surface area contributed by atoms with Crippen LogP contribution in [0.25, 0.3) is 11.4 Å². The van der Waals surface area contributed by atoms with Crippen molar-refractivity contribution in [2.75, 3.05) is 10.6 Å². The molecule has 0 radical (unpaired) electrons. The van der Waals surface area contributed by atoms with Crippen LogP contribution in [0.1, 0.15) is 39.4 Å². The number of aromatic nitrogens is 5. The Morgan fingerprint density at radius 2 is 1.88 bits per heavy atom. The number of carbonyl (C=O) groups is 2. The Labute approximate surface area is 199 Å². The molecule has 2 amide bonds. The number of aryl methyl sites for hydroxylation is 1. The molecule has 0 bridgehead atoms. The Hall–Kier alpha value is -3.80. The van der Waals surface area contributed by atoms with Gasteiger partial charge in [0.15, 0.2) is 11.5 Å². The Kier molecular flexibility index (Phi) is 7.30. The minimum Gasteiger partial charge on any atom is -0.444 e. The Morgan fingerprint density at radius 3 is 2.50 bits per heavy atom. The number of halogens is 2. The van der Waals surface area contributed by atoms with Gasteiger partial charge in [-0.15, -0.1) is 5.10 Å². The normalized spacial score (nSPS) is 12.1. The standard InChI is InChI=1S/C21H23ClFN7O4/c1-11(13-7-9-15(23)26-17(13)22)33-19(31)27-18-16(28-29-30(18)5)14-8-6-12(10-24-14)25-20(32)34-21(2,3)4/h6-11H,1-5H3,(H,25,32)(H,27,31). The molecule has 1 atom stereocenters. The molecule has 0 spiro atoms. The van der Waals surface area contributed by atoms with E-state index in [1.54, 1.807) is 46.9 Å². The Balaban J connectivity index is 1.70. The lowest BCUT2D eigenvalue weighted by molar-refractivity contribution is 0.0635. The molecule has 0 aliphatic rings. The molecule has 0 aliphatic heterocycles. The van der Waals surface area contributed by atoms with Crippen LogP contribution in [-0.4, -0.2) is 42.7 Å². The summed E-state index contributed by atoms with van der Waals surface area (Å²) in [5.41, 5.74) is 0.780. The highest BCUT2D eigenvalue weighted by Gasteiger charge is 2.21. The van der Waals surface area contributed by atoms with Gasteiger partial charge in [-0.2, -0.15) is 4.39 Å². The average Bonchev–Trinajstić information content (AvgIpc) is 3.07. The minimum atomic E-state index is -0.817. The fraction of sp³-hybridized carbons (Fsp3) is 0.333. The molecular formula is C21H23ClFN7O4. The van der Waals surface area contributed by atoms with Crippen molar-refractivity contribution in [1.29, 1.82) is 0 Å². The van der Waals surface area contributed by atoms with E-state index in [1.807, 2.05) is 0 Å². The molecule has 0 aliphatic carbocycles. The quantitative estimate of drug-likeness (QED) is 0.490. The summed E-state index contributed by atoms with van der Waals surface area (Å²) >= 11 is 5.93. The van der Waals surface area contributed by atoms with Crippen LogP contribution >= 0.6 is 11.6 Å². The molecule has 1 unspecified atom stereocenters. The van der Waals surface area contributed by atoms with Crippen molar-refractivity contribution in [3.8, 4) is 11.4 Å². The van der Waals surface area contributed by atoms with Crippen LogP contribution in [0, 0.1) is 5.95 Å². The zero-order chi connectivity index (χ0) is 25.0. The molecule has 3 aromatic heterocycles. The van der Waals surface area contributed by atoms with Gasteiger partial charge in [0, 0.05) is 12.6 Å². The van der Waals surface area contributed by atoms with Gasteiger partial charge in [0.25, 0.3) is 0 Å². The summed E-state index contributed by atoms with van der Waals surface area (Å²) in [7, 11) is 1.58. The number of carbonyl (C=O) groups excluding carboxylic acids is 2. The highest BCUT2D eigenvalue weighted by Crippen LogP contribution is 2.27. The van der Waals surface area contributed by atoms with Crippen LogP contribution in [0.4, 0.5) is 25.5 Å². The smallest absolute Gasteiger partial charge is 0.413 e. The Morgan fingerprint density at radius 1 is 1.15 bits per heavy atom. The van der Waals surface area contributed by atoms with Crippen molar-refractivity contribution in [2.45, 2.75) is 39.4 Å². The third kappa shape index (κ3) is 6.38. The number of anilines is 2. The number of ether oxygens (including phenoxy) is 2. The molecule has 3 aromatic rings. The summed E-state index contributed by atoms with van der Waals surface area (Å²) in [5, 5.41) is 13.0. The molecule has 3 rings (SSSR count). The maximum Gasteiger partial charge on any atom is 0.413 e. The molecule has 0 aromatic carbocycles. The van der Waals surface area contributed by atoms with E-state index >= 15 is 0 Å². The van der Waals surface area contributed by atoms with E-state index < -0.39 is 29.8 Å². The predicted octanol–water partition coefficient (Wildman–Crippen LogP) is 4.72. The number of hydrogen-bond donors (Lipinski definition) is 2. The fourth-order valence-corrected chi connectivity index (χ4v) is 3.07. The van der Waals surface area contributed by atoms with Gasteiger partial charge in [0.2, 0.25) is 5.95 Å². The Bertz CT molecular complexity index is 1190. The van der Waals surface area contributed by atoms with E-state index in [9.17, 15) is 14.0 Å². The molecule has 0 saturated carbocycles. The molecule has 2 N–H and O–H groups in total. The highest BCUT2D eigenvalue weighted by molar-refractivity contribution is 6.30. The van der Waals surface area contributed by atoms with Crippen molar-refractivity contribution >= 4 is 35.3 Å². The van der Waals surface area contributed by atoms with Crippen LogP contribution in [0.3, 0.4) is 0 Å². The predicted molar refractivity (Wildman–Crippen MR) is 122 cm³/mol. The van der Waals surface area contributed by atoms with Crippen molar-refractivity contribution in [3.05, 3.63) is 47.1 Å². The van der Waals surface area contributed by atoms with Crippen molar-refractivity contribution in [2.24, 2.45) is 7.05 Å². The van der Waals surface area contributed by atoms with Crippen molar-refractivity contribution < 1.29 is 23.5 Å². The summed E-state index contributed by atoms with van der Waals surface area (Å²) in [6.07, 6.45) is -0.816. The zero-order valence-electron chi connectivity index (χ0n) is 19.1. The first kappa shape index (κ1) is 24.8. The molecule has 34 heavy (non-hydrogen) atoms. The van der Waals surface area contributed by atoms with E-state index in [2.05, 4.69) is 30.9 Å². The second-order valence-corrected chi connectivity index (χ2v) is 8.51. The van der Waals surface area contributed by atoms with Crippen molar-refractivity contribution in [1.82, 2.24) is 25.0 Å². The number of nitrogens with one attached hydrogen (secondary N) is 2. The number of pyridine rings is 2. The van der Waals surface area contributed by atoms with Gasteiger partial charge < -0.3 is 9.47 Å². The first-order valence-electron chi connectivity index (χ1n) is 10.1. The molecule has 13 heteroatoms. The third-order valence-corrected chi connectivity index (χ3v) is 4.57. The van der Waals surface area contributed by atoms with Crippen LogP contribution in [0.15, 0.2) is 30.5 Å². The first-order chi connectivity index (χ1) is 15.9. The SMILES string of the molecule is CC(OC(=O)Nc1c(-c2ccc(NC(=O)OC(C)(C)C)cn2)nnn1C)c1ccc(F)nc1Cl. The molecule has 3 heterocycles. The molecule has 0 fully saturated rings. The number of nitrogens with zero attached hydrogens (tertiary/aromatic N) is 5. The topological polar surface area (TPSA) is 133 Å². The average molecular weight is 492 g/mol. The number of rotatable bonds is 5. The lowest BCUT2D eigenvalue weighted by atomic mass is 10.2.